The minimum atomic E-state index is -4.74. The number of amides is 1. The second-order valence-electron chi connectivity index (χ2n) is 7.12. The SMILES string of the molecule is O=C(Nc1ccc(Cl)c(C(F)(F)F)c1)[C@@H](Cc1ccccc1)NS(=O)(=O)c1cc(Cl)ccc1Cl. The molecule has 12 heteroatoms. The molecule has 0 radical (unpaired) electrons. The standard InChI is InChI=1S/C22H16Cl3F3N2O3S/c23-14-6-8-18(25)20(11-14)34(32,33)30-19(10-13-4-2-1-3-5-13)21(31)29-15-7-9-17(24)16(12-15)22(26,27)28/h1-9,11-12,19,30H,10H2,(H,29,31)/t19-/m1/s1. The van der Waals surface area contributed by atoms with Gasteiger partial charge < -0.3 is 5.32 Å². The van der Waals surface area contributed by atoms with Gasteiger partial charge in [0.05, 0.1) is 15.6 Å². The first-order valence-corrected chi connectivity index (χ1v) is 12.2. The monoisotopic (exact) mass is 550 g/mol. The third kappa shape index (κ3) is 6.64. The Bertz CT molecular complexity index is 1300. The number of hydrogen-bond donors (Lipinski definition) is 2. The van der Waals surface area contributed by atoms with Crippen molar-refractivity contribution < 1.29 is 26.4 Å². The highest BCUT2D eigenvalue weighted by Gasteiger charge is 2.34. The van der Waals surface area contributed by atoms with Gasteiger partial charge in [-0.25, -0.2) is 8.42 Å². The van der Waals surface area contributed by atoms with E-state index in [1.165, 1.54) is 18.2 Å². The van der Waals surface area contributed by atoms with Gasteiger partial charge in [-0.2, -0.15) is 17.9 Å². The van der Waals surface area contributed by atoms with Crippen LogP contribution in [0.15, 0.2) is 71.6 Å². The van der Waals surface area contributed by atoms with Crippen molar-refractivity contribution >= 4 is 56.4 Å². The summed E-state index contributed by atoms with van der Waals surface area (Å²) < 4.78 is 67.8. The highest BCUT2D eigenvalue weighted by molar-refractivity contribution is 7.89. The molecule has 0 spiro atoms. The molecule has 0 unspecified atom stereocenters. The zero-order chi connectivity index (χ0) is 25.1. The number of sulfonamides is 1. The van der Waals surface area contributed by atoms with Crippen molar-refractivity contribution in [2.24, 2.45) is 0 Å². The number of nitrogens with one attached hydrogen (secondary N) is 2. The van der Waals surface area contributed by atoms with Crippen LogP contribution in [0.3, 0.4) is 0 Å². The van der Waals surface area contributed by atoms with Gasteiger partial charge in [0.1, 0.15) is 10.9 Å². The molecule has 0 saturated heterocycles. The lowest BCUT2D eigenvalue weighted by Gasteiger charge is -2.20. The number of alkyl halides is 3. The Labute approximate surface area is 208 Å². The molecule has 5 nitrogen and oxygen atoms in total. The van der Waals surface area contributed by atoms with Gasteiger partial charge in [-0.05, 0) is 48.4 Å². The van der Waals surface area contributed by atoms with E-state index in [-0.39, 0.29) is 27.0 Å². The van der Waals surface area contributed by atoms with Gasteiger partial charge in [-0.1, -0.05) is 65.1 Å². The quantitative estimate of drug-likeness (QED) is 0.367. The predicted molar refractivity (Wildman–Crippen MR) is 126 cm³/mol. The third-order valence-electron chi connectivity index (χ3n) is 4.62. The zero-order valence-corrected chi connectivity index (χ0v) is 20.1. The van der Waals surface area contributed by atoms with Gasteiger partial charge in [0.25, 0.3) is 0 Å². The van der Waals surface area contributed by atoms with Gasteiger partial charge in [0.15, 0.2) is 0 Å². The van der Waals surface area contributed by atoms with E-state index in [0.29, 0.717) is 11.6 Å². The number of rotatable bonds is 7. The van der Waals surface area contributed by atoms with Crippen molar-refractivity contribution in [1.29, 1.82) is 0 Å². The highest BCUT2D eigenvalue weighted by atomic mass is 35.5. The summed E-state index contributed by atoms with van der Waals surface area (Å²) in [5, 5.41) is 1.76. The number of hydrogen-bond acceptors (Lipinski definition) is 3. The lowest BCUT2D eigenvalue weighted by atomic mass is 10.1. The summed E-state index contributed by atoms with van der Waals surface area (Å²) in [6, 6.07) is 13.7. The van der Waals surface area contributed by atoms with Gasteiger partial charge in [-0.3, -0.25) is 4.79 Å². The maximum atomic E-state index is 13.2. The van der Waals surface area contributed by atoms with E-state index in [1.807, 2.05) is 0 Å². The Balaban J connectivity index is 1.93. The molecule has 3 aromatic carbocycles. The molecule has 0 heterocycles. The fourth-order valence-electron chi connectivity index (χ4n) is 3.02. The first-order chi connectivity index (χ1) is 15.9. The lowest BCUT2D eigenvalue weighted by Crippen LogP contribution is -2.45. The van der Waals surface area contributed by atoms with Crippen LogP contribution in [0.5, 0.6) is 0 Å². The molecule has 0 aromatic heterocycles. The van der Waals surface area contributed by atoms with Crippen molar-refractivity contribution in [3.63, 3.8) is 0 Å². The molecule has 1 atom stereocenters. The Morgan fingerprint density at radius 1 is 0.912 bits per heavy atom. The van der Waals surface area contributed by atoms with E-state index in [9.17, 15) is 26.4 Å². The molecule has 0 aliphatic rings. The van der Waals surface area contributed by atoms with Crippen LogP contribution in [0.4, 0.5) is 18.9 Å². The van der Waals surface area contributed by atoms with Gasteiger partial charge in [0, 0.05) is 10.7 Å². The fourth-order valence-corrected chi connectivity index (χ4v) is 5.20. The van der Waals surface area contributed by atoms with E-state index in [0.717, 1.165) is 12.1 Å². The van der Waals surface area contributed by atoms with Crippen LogP contribution in [0.2, 0.25) is 15.1 Å². The average Bonchev–Trinajstić information content (AvgIpc) is 2.76. The Morgan fingerprint density at radius 3 is 2.21 bits per heavy atom. The van der Waals surface area contributed by atoms with Crippen LogP contribution in [0, 0.1) is 0 Å². The minimum Gasteiger partial charge on any atom is -0.325 e. The van der Waals surface area contributed by atoms with Crippen LogP contribution in [0.1, 0.15) is 11.1 Å². The zero-order valence-electron chi connectivity index (χ0n) is 17.0. The van der Waals surface area contributed by atoms with Crippen LogP contribution in [-0.4, -0.2) is 20.4 Å². The Kier molecular flexibility index (Phi) is 8.15. The summed E-state index contributed by atoms with van der Waals surface area (Å²) in [6.45, 7) is 0. The van der Waals surface area contributed by atoms with E-state index in [4.69, 9.17) is 34.8 Å². The fraction of sp³-hybridized carbons (Fsp3) is 0.136. The smallest absolute Gasteiger partial charge is 0.325 e. The van der Waals surface area contributed by atoms with Crippen LogP contribution < -0.4 is 10.0 Å². The first kappa shape index (κ1) is 26.3. The summed E-state index contributed by atoms with van der Waals surface area (Å²) in [4.78, 5) is 12.7. The normalized spacial score (nSPS) is 12.9. The van der Waals surface area contributed by atoms with Gasteiger partial charge >= 0.3 is 6.18 Å². The molecule has 0 aliphatic heterocycles. The summed E-state index contributed by atoms with van der Waals surface area (Å²) in [5.41, 5.74) is -0.743. The number of anilines is 1. The summed E-state index contributed by atoms with van der Waals surface area (Å²) >= 11 is 17.5. The molecular weight excluding hydrogens is 536 g/mol. The molecule has 1 amide bonds. The highest BCUT2D eigenvalue weighted by Crippen LogP contribution is 2.36. The molecule has 0 aliphatic carbocycles. The van der Waals surface area contributed by atoms with E-state index < -0.39 is 38.7 Å². The maximum absolute atomic E-state index is 13.2. The van der Waals surface area contributed by atoms with Crippen LogP contribution in [-0.2, 0) is 27.4 Å². The van der Waals surface area contributed by atoms with Crippen LogP contribution >= 0.6 is 34.8 Å². The lowest BCUT2D eigenvalue weighted by molar-refractivity contribution is -0.137. The summed E-state index contributed by atoms with van der Waals surface area (Å²) in [6.07, 6.45) is -4.84. The molecule has 2 N–H and O–H groups in total. The predicted octanol–water partition coefficient (Wildman–Crippen LogP) is 6.19. The van der Waals surface area contributed by atoms with E-state index in [2.05, 4.69) is 10.0 Å². The number of benzene rings is 3. The largest absolute Gasteiger partial charge is 0.417 e. The maximum Gasteiger partial charge on any atom is 0.417 e. The molecule has 34 heavy (non-hydrogen) atoms. The Hall–Kier alpha value is -2.30. The van der Waals surface area contributed by atoms with Gasteiger partial charge in [-0.15, -0.1) is 0 Å². The average molecular weight is 552 g/mol. The summed E-state index contributed by atoms with van der Waals surface area (Å²) in [7, 11) is -4.34. The molecule has 0 fully saturated rings. The number of halogens is 6. The third-order valence-corrected chi connectivity index (χ3v) is 7.14. The molecular formula is C22H16Cl3F3N2O3S. The molecule has 3 rings (SSSR count). The molecule has 0 saturated carbocycles. The molecule has 0 bridgehead atoms. The van der Waals surface area contributed by atoms with Crippen molar-refractivity contribution in [3.05, 3.63) is 92.9 Å². The minimum absolute atomic E-state index is 0.0934. The van der Waals surface area contributed by atoms with Crippen molar-refractivity contribution in [3.8, 4) is 0 Å². The molecule has 3 aromatic rings. The number of carbonyl (C=O) groups excluding carboxylic acids is 1. The van der Waals surface area contributed by atoms with E-state index in [1.54, 1.807) is 30.3 Å². The second kappa shape index (κ2) is 10.5. The van der Waals surface area contributed by atoms with Crippen molar-refractivity contribution in [1.82, 2.24) is 4.72 Å². The molecule has 180 valence electrons. The topological polar surface area (TPSA) is 75.3 Å². The van der Waals surface area contributed by atoms with Crippen LogP contribution in [0.25, 0.3) is 0 Å². The number of carbonyl (C=O) groups is 1. The summed E-state index contributed by atoms with van der Waals surface area (Å²) in [5.74, 6) is -0.888. The second-order valence-corrected chi connectivity index (χ2v) is 10.1. The van der Waals surface area contributed by atoms with E-state index >= 15 is 0 Å². The Morgan fingerprint density at radius 2 is 1.56 bits per heavy atom. The van der Waals surface area contributed by atoms with Gasteiger partial charge in [0.2, 0.25) is 15.9 Å². The van der Waals surface area contributed by atoms with Crippen molar-refractivity contribution in [2.75, 3.05) is 5.32 Å². The van der Waals surface area contributed by atoms with Crippen molar-refractivity contribution in [2.45, 2.75) is 23.5 Å². The first-order valence-electron chi connectivity index (χ1n) is 9.56.